The Bertz CT molecular complexity index is 1020. The van der Waals surface area contributed by atoms with E-state index in [0.717, 1.165) is 13.0 Å². The molecule has 0 heterocycles. The zero-order valence-corrected chi connectivity index (χ0v) is 14.9. The number of nitrogens with one attached hydrogen (secondary N) is 1. The van der Waals surface area contributed by atoms with E-state index in [2.05, 4.69) is 90.2 Å². The molecule has 4 rings (SSSR count). The van der Waals surface area contributed by atoms with Gasteiger partial charge < -0.3 is 11.1 Å². The summed E-state index contributed by atoms with van der Waals surface area (Å²) in [6.07, 6.45) is 0.937. The van der Waals surface area contributed by atoms with Crippen LogP contribution in [-0.2, 0) is 13.0 Å². The van der Waals surface area contributed by atoms with Crippen LogP contribution in [0.2, 0.25) is 0 Å². The van der Waals surface area contributed by atoms with Gasteiger partial charge in [-0.1, -0.05) is 84.9 Å². The van der Waals surface area contributed by atoms with E-state index in [9.17, 15) is 0 Å². The first-order valence-corrected chi connectivity index (χ1v) is 9.21. The van der Waals surface area contributed by atoms with E-state index in [1.165, 1.54) is 32.7 Å². The van der Waals surface area contributed by atoms with Crippen LogP contribution < -0.4 is 11.1 Å². The third kappa shape index (κ3) is 3.62. The monoisotopic (exact) mass is 340 g/mol. The first-order valence-electron chi connectivity index (χ1n) is 9.21. The third-order valence-corrected chi connectivity index (χ3v) is 5.04. The molecule has 3 N–H and O–H groups in total. The molecule has 0 radical (unpaired) electrons. The molecule has 1 atom stereocenters. The second-order valence-electron chi connectivity index (χ2n) is 6.84. The molecule has 0 aliphatic heterocycles. The van der Waals surface area contributed by atoms with E-state index in [1.807, 2.05) is 0 Å². The van der Waals surface area contributed by atoms with Crippen molar-refractivity contribution in [2.75, 3.05) is 6.54 Å². The molecular weight excluding hydrogens is 316 g/mol. The quantitative estimate of drug-likeness (QED) is 0.536. The van der Waals surface area contributed by atoms with Gasteiger partial charge in [-0.25, -0.2) is 0 Å². The summed E-state index contributed by atoms with van der Waals surface area (Å²) < 4.78 is 0. The molecule has 0 aliphatic carbocycles. The number of hydrogen-bond acceptors (Lipinski definition) is 2. The molecule has 0 amide bonds. The van der Waals surface area contributed by atoms with Crippen molar-refractivity contribution in [3.8, 4) is 0 Å². The molecule has 0 saturated heterocycles. The van der Waals surface area contributed by atoms with Gasteiger partial charge >= 0.3 is 0 Å². The van der Waals surface area contributed by atoms with Crippen LogP contribution in [-0.4, -0.2) is 12.6 Å². The van der Waals surface area contributed by atoms with Gasteiger partial charge in [-0.05, 0) is 39.1 Å². The predicted octanol–water partition coefficient (Wildman–Crippen LogP) is 4.65. The Labute approximate surface area is 154 Å². The van der Waals surface area contributed by atoms with E-state index < -0.39 is 0 Å². The maximum Gasteiger partial charge on any atom is 0.0233 e. The molecule has 0 saturated carbocycles. The smallest absolute Gasteiger partial charge is 0.0233 e. The van der Waals surface area contributed by atoms with Crippen LogP contribution in [0.25, 0.3) is 21.5 Å². The third-order valence-electron chi connectivity index (χ3n) is 5.04. The van der Waals surface area contributed by atoms with Crippen molar-refractivity contribution < 1.29 is 0 Å². The highest BCUT2D eigenvalue weighted by molar-refractivity contribution is 5.85. The summed E-state index contributed by atoms with van der Waals surface area (Å²) in [6, 6.07) is 30.4. The lowest BCUT2D eigenvalue weighted by atomic mass is 10.0. The summed E-state index contributed by atoms with van der Waals surface area (Å²) in [5.41, 5.74) is 8.69. The fourth-order valence-corrected chi connectivity index (χ4v) is 3.59. The number of rotatable bonds is 6. The second-order valence-corrected chi connectivity index (χ2v) is 6.84. The average Bonchev–Trinajstić information content (AvgIpc) is 2.71. The summed E-state index contributed by atoms with van der Waals surface area (Å²) in [5.74, 6) is 0. The number of benzene rings is 4. The lowest BCUT2D eigenvalue weighted by Crippen LogP contribution is -2.37. The van der Waals surface area contributed by atoms with E-state index in [-0.39, 0.29) is 6.04 Å². The first kappa shape index (κ1) is 16.8. The minimum absolute atomic E-state index is 0.259. The molecule has 2 nitrogen and oxygen atoms in total. The van der Waals surface area contributed by atoms with Crippen molar-refractivity contribution in [2.24, 2.45) is 5.73 Å². The fraction of sp³-hybridized carbons (Fsp3) is 0.167. The van der Waals surface area contributed by atoms with Crippen LogP contribution >= 0.6 is 0 Å². The molecule has 0 aromatic heterocycles. The molecular formula is C24H24N2. The van der Waals surface area contributed by atoms with Crippen LogP contribution in [0.5, 0.6) is 0 Å². The Hall–Kier alpha value is -2.68. The summed E-state index contributed by atoms with van der Waals surface area (Å²) >= 11 is 0. The Morgan fingerprint density at radius 3 is 2.31 bits per heavy atom. The van der Waals surface area contributed by atoms with Crippen molar-refractivity contribution in [1.82, 2.24) is 5.32 Å². The van der Waals surface area contributed by atoms with Gasteiger partial charge in [-0.2, -0.15) is 0 Å². The van der Waals surface area contributed by atoms with Crippen LogP contribution in [0.3, 0.4) is 0 Å². The van der Waals surface area contributed by atoms with Gasteiger partial charge in [-0.15, -0.1) is 0 Å². The maximum absolute atomic E-state index is 6.05. The van der Waals surface area contributed by atoms with Crippen LogP contribution in [0.1, 0.15) is 11.1 Å². The van der Waals surface area contributed by atoms with E-state index in [4.69, 9.17) is 5.73 Å². The van der Waals surface area contributed by atoms with Crippen molar-refractivity contribution in [2.45, 2.75) is 19.0 Å². The Balaban J connectivity index is 1.48. The number of hydrogen-bond donors (Lipinski definition) is 2. The topological polar surface area (TPSA) is 38.0 Å². The fourth-order valence-electron chi connectivity index (χ4n) is 3.59. The van der Waals surface area contributed by atoms with Crippen molar-refractivity contribution in [1.29, 1.82) is 0 Å². The van der Waals surface area contributed by atoms with Crippen molar-refractivity contribution in [3.05, 3.63) is 96.1 Å². The van der Waals surface area contributed by atoms with Crippen LogP contribution in [0.15, 0.2) is 84.9 Å². The summed E-state index contributed by atoms with van der Waals surface area (Å²) in [5, 5.41) is 8.81. The Morgan fingerprint density at radius 2 is 1.46 bits per heavy atom. The lowest BCUT2D eigenvalue weighted by molar-refractivity contribution is 0.517. The van der Waals surface area contributed by atoms with Gasteiger partial charge in [0.25, 0.3) is 0 Å². The molecule has 0 spiro atoms. The Kier molecular flexibility index (Phi) is 4.96. The molecule has 0 fully saturated rings. The minimum Gasteiger partial charge on any atom is -0.329 e. The van der Waals surface area contributed by atoms with Gasteiger partial charge in [0.1, 0.15) is 0 Å². The second kappa shape index (κ2) is 7.69. The predicted molar refractivity (Wildman–Crippen MR) is 111 cm³/mol. The van der Waals surface area contributed by atoms with Crippen molar-refractivity contribution in [3.63, 3.8) is 0 Å². The molecule has 26 heavy (non-hydrogen) atoms. The zero-order valence-electron chi connectivity index (χ0n) is 14.9. The number of fused-ring (bicyclic) bond motifs is 2. The SMILES string of the molecule is NCC(Cc1ccc2ccccc2c1)NCc1cccc2ccccc12. The maximum atomic E-state index is 6.05. The number of nitrogens with two attached hydrogens (primary N) is 1. The molecule has 4 aromatic rings. The van der Waals surface area contributed by atoms with Crippen LogP contribution in [0.4, 0.5) is 0 Å². The zero-order chi connectivity index (χ0) is 17.8. The van der Waals surface area contributed by atoms with Gasteiger partial charge in [0.2, 0.25) is 0 Å². The highest BCUT2D eigenvalue weighted by atomic mass is 14.9. The Morgan fingerprint density at radius 1 is 0.731 bits per heavy atom. The molecule has 4 aromatic carbocycles. The van der Waals surface area contributed by atoms with Gasteiger partial charge in [0.05, 0.1) is 0 Å². The lowest BCUT2D eigenvalue weighted by Gasteiger charge is -2.18. The molecule has 2 heteroatoms. The normalized spacial score (nSPS) is 12.5. The van der Waals surface area contributed by atoms with Gasteiger partial charge in [0.15, 0.2) is 0 Å². The van der Waals surface area contributed by atoms with E-state index >= 15 is 0 Å². The summed E-state index contributed by atoms with van der Waals surface area (Å²) in [7, 11) is 0. The van der Waals surface area contributed by atoms with E-state index in [0.29, 0.717) is 6.54 Å². The highest BCUT2D eigenvalue weighted by Crippen LogP contribution is 2.19. The standard InChI is InChI=1S/C24H24N2/c25-16-23(15-18-12-13-19-6-1-2-8-21(19)14-18)26-17-22-10-5-9-20-7-3-4-11-24(20)22/h1-14,23,26H,15-17,25H2. The largest absolute Gasteiger partial charge is 0.329 e. The first-order chi connectivity index (χ1) is 12.8. The van der Waals surface area contributed by atoms with Gasteiger partial charge in [0, 0.05) is 19.1 Å². The summed E-state index contributed by atoms with van der Waals surface area (Å²) in [4.78, 5) is 0. The molecule has 0 aliphatic rings. The molecule has 130 valence electrons. The van der Waals surface area contributed by atoms with E-state index in [1.54, 1.807) is 0 Å². The molecule has 1 unspecified atom stereocenters. The minimum atomic E-state index is 0.259. The van der Waals surface area contributed by atoms with Gasteiger partial charge in [-0.3, -0.25) is 0 Å². The van der Waals surface area contributed by atoms with Crippen molar-refractivity contribution >= 4 is 21.5 Å². The molecule has 0 bridgehead atoms. The highest BCUT2D eigenvalue weighted by Gasteiger charge is 2.09. The van der Waals surface area contributed by atoms with Crippen LogP contribution in [0, 0.1) is 0 Å². The average molecular weight is 340 g/mol. The summed E-state index contributed by atoms with van der Waals surface area (Å²) in [6.45, 7) is 1.45.